The Morgan fingerprint density at radius 2 is 2.16 bits per heavy atom. The van der Waals surface area contributed by atoms with Gasteiger partial charge in [0, 0.05) is 13.1 Å². The SMILES string of the molecule is CC(NC(=O)N1CC(C(=O)O)C1)c1cccc(F)c1. The number of urea groups is 1. The summed E-state index contributed by atoms with van der Waals surface area (Å²) in [6.07, 6.45) is 0. The summed E-state index contributed by atoms with van der Waals surface area (Å²) >= 11 is 0. The van der Waals surface area contributed by atoms with E-state index in [0.717, 1.165) is 0 Å². The van der Waals surface area contributed by atoms with Gasteiger partial charge in [-0.1, -0.05) is 12.1 Å². The number of likely N-dealkylation sites (tertiary alicyclic amines) is 1. The monoisotopic (exact) mass is 266 g/mol. The second-order valence-corrected chi connectivity index (χ2v) is 4.67. The molecule has 6 heteroatoms. The summed E-state index contributed by atoms with van der Waals surface area (Å²) in [5, 5.41) is 11.4. The molecule has 1 aromatic carbocycles. The van der Waals surface area contributed by atoms with Gasteiger partial charge in [-0.25, -0.2) is 9.18 Å². The van der Waals surface area contributed by atoms with Crippen LogP contribution in [0.5, 0.6) is 0 Å². The predicted octanol–water partition coefficient (Wildman–Crippen LogP) is 1.61. The molecular formula is C13H15FN2O3. The normalized spacial score (nSPS) is 16.6. The molecule has 5 nitrogen and oxygen atoms in total. The number of rotatable bonds is 3. The zero-order valence-corrected chi connectivity index (χ0v) is 10.5. The Morgan fingerprint density at radius 1 is 1.47 bits per heavy atom. The fraction of sp³-hybridized carbons (Fsp3) is 0.385. The Bertz CT molecular complexity index is 500. The Kier molecular flexibility index (Phi) is 3.69. The van der Waals surface area contributed by atoms with Crippen LogP contribution < -0.4 is 5.32 Å². The highest BCUT2D eigenvalue weighted by molar-refractivity contribution is 5.80. The molecule has 19 heavy (non-hydrogen) atoms. The van der Waals surface area contributed by atoms with E-state index in [2.05, 4.69) is 5.32 Å². The van der Waals surface area contributed by atoms with E-state index < -0.39 is 11.9 Å². The topological polar surface area (TPSA) is 69.6 Å². The Morgan fingerprint density at radius 3 is 2.74 bits per heavy atom. The summed E-state index contributed by atoms with van der Waals surface area (Å²) < 4.78 is 13.1. The van der Waals surface area contributed by atoms with Gasteiger partial charge in [-0.05, 0) is 24.6 Å². The van der Waals surface area contributed by atoms with Gasteiger partial charge in [-0.2, -0.15) is 0 Å². The van der Waals surface area contributed by atoms with E-state index in [9.17, 15) is 14.0 Å². The summed E-state index contributed by atoms with van der Waals surface area (Å²) in [5.41, 5.74) is 0.670. The third-order valence-corrected chi connectivity index (χ3v) is 3.21. The van der Waals surface area contributed by atoms with Gasteiger partial charge in [0.1, 0.15) is 5.82 Å². The molecule has 0 spiro atoms. The van der Waals surface area contributed by atoms with E-state index in [1.807, 2.05) is 0 Å². The Balaban J connectivity index is 1.88. The first-order valence-electron chi connectivity index (χ1n) is 6.01. The number of carbonyl (C=O) groups excluding carboxylic acids is 1. The number of nitrogens with one attached hydrogen (secondary N) is 1. The summed E-state index contributed by atoms with van der Waals surface area (Å²) in [6.45, 7) is 2.19. The number of hydrogen-bond acceptors (Lipinski definition) is 2. The third kappa shape index (κ3) is 3.01. The van der Waals surface area contributed by atoms with Crippen LogP contribution >= 0.6 is 0 Å². The summed E-state index contributed by atoms with van der Waals surface area (Å²) in [4.78, 5) is 23.8. The van der Waals surface area contributed by atoms with Crippen LogP contribution in [0.1, 0.15) is 18.5 Å². The maximum Gasteiger partial charge on any atom is 0.317 e. The third-order valence-electron chi connectivity index (χ3n) is 3.21. The van der Waals surface area contributed by atoms with E-state index in [4.69, 9.17) is 5.11 Å². The average Bonchev–Trinajstić information content (AvgIpc) is 2.26. The largest absolute Gasteiger partial charge is 0.481 e. The molecule has 1 aromatic rings. The van der Waals surface area contributed by atoms with Gasteiger partial charge in [0.05, 0.1) is 12.0 Å². The molecule has 0 aliphatic carbocycles. The van der Waals surface area contributed by atoms with Gasteiger partial charge in [0.2, 0.25) is 0 Å². The highest BCUT2D eigenvalue weighted by Gasteiger charge is 2.35. The van der Waals surface area contributed by atoms with Gasteiger partial charge in [-0.3, -0.25) is 4.79 Å². The van der Waals surface area contributed by atoms with Crippen LogP contribution in [-0.4, -0.2) is 35.1 Å². The zero-order chi connectivity index (χ0) is 14.0. The van der Waals surface area contributed by atoms with Crippen LogP contribution in [0.3, 0.4) is 0 Å². The summed E-state index contributed by atoms with van der Waals surface area (Å²) in [7, 11) is 0. The minimum Gasteiger partial charge on any atom is -0.481 e. The fourth-order valence-corrected chi connectivity index (χ4v) is 1.94. The van der Waals surface area contributed by atoms with E-state index in [1.165, 1.54) is 17.0 Å². The van der Waals surface area contributed by atoms with Crippen LogP contribution in [0.15, 0.2) is 24.3 Å². The average molecular weight is 266 g/mol. The molecule has 2 amide bonds. The van der Waals surface area contributed by atoms with Crippen molar-refractivity contribution < 1.29 is 19.1 Å². The van der Waals surface area contributed by atoms with Gasteiger partial charge >= 0.3 is 12.0 Å². The van der Waals surface area contributed by atoms with Crippen molar-refractivity contribution in [1.29, 1.82) is 0 Å². The van der Waals surface area contributed by atoms with Crippen molar-refractivity contribution in [3.63, 3.8) is 0 Å². The molecule has 0 bridgehead atoms. The van der Waals surface area contributed by atoms with Gasteiger partial charge in [0.25, 0.3) is 0 Å². The molecular weight excluding hydrogens is 251 g/mol. The molecule has 1 atom stereocenters. The van der Waals surface area contributed by atoms with E-state index in [0.29, 0.717) is 5.56 Å². The van der Waals surface area contributed by atoms with Crippen LogP contribution in [0.2, 0.25) is 0 Å². The molecule has 1 aliphatic rings. The summed E-state index contributed by atoms with van der Waals surface area (Å²) in [5.74, 6) is -1.72. The number of carboxylic acids is 1. The number of aliphatic carboxylic acids is 1. The molecule has 2 rings (SSSR count). The van der Waals surface area contributed by atoms with E-state index >= 15 is 0 Å². The smallest absolute Gasteiger partial charge is 0.317 e. The minimum atomic E-state index is -0.887. The van der Waals surface area contributed by atoms with Crippen molar-refractivity contribution in [2.24, 2.45) is 5.92 Å². The molecule has 1 saturated heterocycles. The number of halogens is 1. The number of carbonyl (C=O) groups is 2. The number of benzene rings is 1. The maximum atomic E-state index is 13.1. The standard InChI is InChI=1S/C13H15FN2O3/c1-8(9-3-2-4-11(14)5-9)15-13(19)16-6-10(7-16)12(17)18/h2-5,8,10H,6-7H2,1H3,(H,15,19)(H,17,18). The molecule has 1 heterocycles. The summed E-state index contributed by atoms with van der Waals surface area (Å²) in [6, 6.07) is 5.36. The van der Waals surface area contributed by atoms with Crippen molar-refractivity contribution in [3.8, 4) is 0 Å². The van der Waals surface area contributed by atoms with Crippen molar-refractivity contribution in [3.05, 3.63) is 35.6 Å². The molecule has 1 aliphatic heterocycles. The molecule has 0 saturated carbocycles. The minimum absolute atomic E-state index is 0.219. The Labute approximate surface area is 110 Å². The van der Waals surface area contributed by atoms with Crippen molar-refractivity contribution in [1.82, 2.24) is 10.2 Å². The van der Waals surface area contributed by atoms with Gasteiger partial charge in [0.15, 0.2) is 0 Å². The maximum absolute atomic E-state index is 13.1. The van der Waals surface area contributed by atoms with Gasteiger partial charge < -0.3 is 15.3 Å². The van der Waals surface area contributed by atoms with E-state index in [1.54, 1.807) is 19.1 Å². The second kappa shape index (κ2) is 5.26. The molecule has 1 unspecified atom stereocenters. The number of hydrogen-bond donors (Lipinski definition) is 2. The molecule has 0 radical (unpaired) electrons. The lowest BCUT2D eigenvalue weighted by atomic mass is 10.0. The lowest BCUT2D eigenvalue weighted by molar-refractivity contribution is -0.146. The predicted molar refractivity (Wildman–Crippen MR) is 66.0 cm³/mol. The zero-order valence-electron chi connectivity index (χ0n) is 10.5. The highest BCUT2D eigenvalue weighted by atomic mass is 19.1. The number of amides is 2. The first-order valence-corrected chi connectivity index (χ1v) is 6.01. The number of nitrogens with zero attached hydrogens (tertiary/aromatic N) is 1. The molecule has 1 fully saturated rings. The van der Waals surface area contributed by atoms with Crippen LogP contribution in [-0.2, 0) is 4.79 Å². The molecule has 102 valence electrons. The number of carboxylic acid groups (broad SMARTS) is 1. The van der Waals surface area contributed by atoms with Crippen molar-refractivity contribution in [2.45, 2.75) is 13.0 Å². The van der Waals surface area contributed by atoms with Crippen LogP contribution in [0.4, 0.5) is 9.18 Å². The molecule has 2 N–H and O–H groups in total. The first-order chi connectivity index (χ1) is 8.97. The second-order valence-electron chi connectivity index (χ2n) is 4.67. The van der Waals surface area contributed by atoms with Crippen molar-refractivity contribution >= 4 is 12.0 Å². The fourth-order valence-electron chi connectivity index (χ4n) is 1.94. The lowest BCUT2D eigenvalue weighted by Gasteiger charge is -2.37. The molecule has 0 aromatic heterocycles. The highest BCUT2D eigenvalue weighted by Crippen LogP contribution is 2.18. The Hall–Kier alpha value is -2.11. The quantitative estimate of drug-likeness (QED) is 0.873. The van der Waals surface area contributed by atoms with Gasteiger partial charge in [-0.15, -0.1) is 0 Å². The first kappa shape index (κ1) is 13.3. The van der Waals surface area contributed by atoms with Crippen LogP contribution in [0.25, 0.3) is 0 Å². The lowest BCUT2D eigenvalue weighted by Crippen LogP contribution is -2.56. The van der Waals surface area contributed by atoms with Crippen LogP contribution in [0, 0.1) is 11.7 Å². The van der Waals surface area contributed by atoms with Crippen molar-refractivity contribution in [2.75, 3.05) is 13.1 Å². The van der Waals surface area contributed by atoms with E-state index in [-0.39, 0.29) is 31.0 Å².